The first-order valence-electron chi connectivity index (χ1n) is 5.69. The van der Waals surface area contributed by atoms with Gasteiger partial charge in [-0.25, -0.2) is 14.2 Å². The van der Waals surface area contributed by atoms with Crippen molar-refractivity contribution in [3.05, 3.63) is 22.7 Å². The summed E-state index contributed by atoms with van der Waals surface area (Å²) >= 11 is 0. The summed E-state index contributed by atoms with van der Waals surface area (Å²) in [7, 11) is 0. The van der Waals surface area contributed by atoms with Gasteiger partial charge in [0.2, 0.25) is 0 Å². The lowest BCUT2D eigenvalue weighted by Gasteiger charge is -2.10. The van der Waals surface area contributed by atoms with Crippen LogP contribution in [0.1, 0.15) is 25.7 Å². The third-order valence-corrected chi connectivity index (χ3v) is 2.94. The molecule has 6 heteroatoms. The van der Waals surface area contributed by atoms with Crippen molar-refractivity contribution >= 4 is 11.9 Å². The lowest BCUT2D eigenvalue weighted by molar-refractivity contribution is 0.128. The van der Waals surface area contributed by atoms with E-state index in [0.717, 1.165) is 17.4 Å². The van der Waals surface area contributed by atoms with E-state index in [0.29, 0.717) is 12.5 Å². The second kappa shape index (κ2) is 4.99. The highest BCUT2D eigenvalue weighted by atomic mass is 16.5. The molecule has 0 bridgehead atoms. The monoisotopic (exact) mass is 237 g/mol. The van der Waals surface area contributed by atoms with Crippen molar-refractivity contribution in [1.29, 1.82) is 0 Å². The predicted octanol–water partition coefficient (Wildman–Crippen LogP) is 1.00. The average molecular weight is 237 g/mol. The zero-order valence-corrected chi connectivity index (χ0v) is 9.46. The van der Waals surface area contributed by atoms with Crippen LogP contribution in [-0.4, -0.2) is 22.3 Å². The van der Waals surface area contributed by atoms with Crippen molar-refractivity contribution in [3.8, 4) is 0 Å². The van der Waals surface area contributed by atoms with Crippen molar-refractivity contribution < 1.29 is 9.53 Å². The van der Waals surface area contributed by atoms with Crippen molar-refractivity contribution in [1.82, 2.24) is 9.55 Å². The summed E-state index contributed by atoms with van der Waals surface area (Å²) < 4.78 is 5.90. The molecule has 0 amide bonds. The van der Waals surface area contributed by atoms with Gasteiger partial charge >= 0.3 is 11.8 Å². The van der Waals surface area contributed by atoms with Gasteiger partial charge in [-0.15, -0.1) is 0 Å². The molecule has 0 aromatic carbocycles. The van der Waals surface area contributed by atoms with Crippen molar-refractivity contribution in [3.63, 3.8) is 0 Å². The van der Waals surface area contributed by atoms with Gasteiger partial charge in [-0.3, -0.25) is 0 Å². The van der Waals surface area contributed by atoms with E-state index in [9.17, 15) is 9.59 Å². The van der Waals surface area contributed by atoms with E-state index in [4.69, 9.17) is 10.5 Å². The minimum Gasteiger partial charge on any atom is -0.449 e. The molecule has 2 N–H and O–H groups in total. The molecule has 0 aliphatic heterocycles. The fourth-order valence-corrected chi connectivity index (χ4v) is 1.99. The Balaban J connectivity index is 1.97. The van der Waals surface area contributed by atoms with E-state index in [2.05, 4.69) is 4.98 Å². The Morgan fingerprint density at radius 1 is 1.53 bits per heavy atom. The van der Waals surface area contributed by atoms with Gasteiger partial charge in [-0.05, 0) is 24.8 Å². The number of nitrogens with zero attached hydrogens (tertiary/aromatic N) is 2. The van der Waals surface area contributed by atoms with Crippen LogP contribution in [0, 0.1) is 5.92 Å². The largest absolute Gasteiger partial charge is 0.449 e. The molecule has 1 heterocycles. The third kappa shape index (κ3) is 2.83. The van der Waals surface area contributed by atoms with E-state index in [-0.39, 0.29) is 5.82 Å². The van der Waals surface area contributed by atoms with Crippen LogP contribution in [0.2, 0.25) is 0 Å². The van der Waals surface area contributed by atoms with E-state index in [1.54, 1.807) is 0 Å². The molecular weight excluding hydrogens is 222 g/mol. The maximum atomic E-state index is 11.6. The number of carbonyl (C=O) groups excluding carboxylic acids is 1. The average Bonchev–Trinajstić information content (AvgIpc) is 2.78. The molecule has 0 radical (unpaired) electrons. The molecule has 1 saturated carbocycles. The van der Waals surface area contributed by atoms with Crippen LogP contribution in [0.4, 0.5) is 10.6 Å². The summed E-state index contributed by atoms with van der Waals surface area (Å²) in [6, 6.07) is 1.39. The summed E-state index contributed by atoms with van der Waals surface area (Å²) in [5.41, 5.74) is 4.62. The summed E-state index contributed by atoms with van der Waals surface area (Å²) in [5, 5.41) is 0. The summed E-state index contributed by atoms with van der Waals surface area (Å²) in [5.74, 6) is 0.520. The van der Waals surface area contributed by atoms with Crippen LogP contribution in [0.5, 0.6) is 0 Å². The van der Waals surface area contributed by atoms with Gasteiger partial charge in [0, 0.05) is 6.20 Å². The van der Waals surface area contributed by atoms with Crippen LogP contribution in [0.15, 0.2) is 17.1 Å². The molecule has 0 unspecified atom stereocenters. The minimum absolute atomic E-state index is 0.0924. The van der Waals surface area contributed by atoms with E-state index in [1.165, 1.54) is 25.1 Å². The Morgan fingerprint density at radius 2 is 2.24 bits per heavy atom. The summed E-state index contributed by atoms with van der Waals surface area (Å²) in [4.78, 5) is 26.4. The molecule has 0 atom stereocenters. The zero-order chi connectivity index (χ0) is 12.3. The highest BCUT2D eigenvalue weighted by Gasteiger charge is 2.18. The normalized spacial score (nSPS) is 16.0. The number of nitrogen functional groups attached to an aromatic ring is 1. The smallest absolute Gasteiger partial charge is 0.422 e. The van der Waals surface area contributed by atoms with Gasteiger partial charge in [0.1, 0.15) is 5.82 Å². The first-order valence-corrected chi connectivity index (χ1v) is 5.69. The maximum Gasteiger partial charge on any atom is 0.422 e. The van der Waals surface area contributed by atoms with Crippen LogP contribution in [0.25, 0.3) is 0 Å². The first-order chi connectivity index (χ1) is 8.16. The molecule has 1 aromatic heterocycles. The number of anilines is 1. The van der Waals surface area contributed by atoms with Crippen LogP contribution >= 0.6 is 0 Å². The fourth-order valence-electron chi connectivity index (χ4n) is 1.99. The van der Waals surface area contributed by atoms with Gasteiger partial charge in [0.15, 0.2) is 0 Å². The maximum absolute atomic E-state index is 11.6. The van der Waals surface area contributed by atoms with Crippen LogP contribution < -0.4 is 11.4 Å². The SMILES string of the molecule is Nc1ccn(C(=O)OCC2CCCC2)c(=O)n1. The second-order valence-electron chi connectivity index (χ2n) is 4.23. The Morgan fingerprint density at radius 3 is 2.88 bits per heavy atom. The Labute approximate surface area is 98.4 Å². The molecule has 1 aromatic rings. The number of hydrogen-bond acceptors (Lipinski definition) is 5. The lowest BCUT2D eigenvalue weighted by atomic mass is 10.1. The summed E-state index contributed by atoms with van der Waals surface area (Å²) in [6.07, 6.45) is 5.14. The topological polar surface area (TPSA) is 87.2 Å². The van der Waals surface area contributed by atoms with E-state index >= 15 is 0 Å². The number of nitrogens with two attached hydrogens (primary N) is 1. The molecule has 92 valence electrons. The number of aromatic nitrogens is 2. The van der Waals surface area contributed by atoms with Gasteiger partial charge in [-0.1, -0.05) is 12.8 Å². The van der Waals surface area contributed by atoms with Crippen LogP contribution in [0.3, 0.4) is 0 Å². The van der Waals surface area contributed by atoms with E-state index in [1.807, 2.05) is 0 Å². The number of ether oxygens (including phenoxy) is 1. The standard InChI is InChI=1S/C11H15N3O3/c12-9-5-6-14(10(15)13-9)11(16)17-7-8-3-1-2-4-8/h5-6,8H,1-4,7H2,(H2,12,13,15). The highest BCUT2D eigenvalue weighted by Crippen LogP contribution is 2.24. The lowest BCUT2D eigenvalue weighted by Crippen LogP contribution is -2.30. The Bertz CT molecular complexity index is 463. The van der Waals surface area contributed by atoms with E-state index < -0.39 is 11.8 Å². The van der Waals surface area contributed by atoms with Gasteiger partial charge < -0.3 is 10.5 Å². The highest BCUT2D eigenvalue weighted by molar-refractivity contribution is 5.70. The van der Waals surface area contributed by atoms with Crippen LogP contribution in [-0.2, 0) is 4.74 Å². The molecular formula is C11H15N3O3. The molecule has 17 heavy (non-hydrogen) atoms. The third-order valence-electron chi connectivity index (χ3n) is 2.94. The van der Waals surface area contributed by atoms with Gasteiger partial charge in [0.05, 0.1) is 6.61 Å². The minimum atomic E-state index is -0.707. The quantitative estimate of drug-likeness (QED) is 0.829. The Kier molecular flexibility index (Phi) is 3.41. The molecule has 1 fully saturated rings. The molecule has 0 saturated heterocycles. The van der Waals surface area contributed by atoms with Crippen molar-refractivity contribution in [2.24, 2.45) is 5.92 Å². The number of hydrogen-bond donors (Lipinski definition) is 1. The summed E-state index contributed by atoms with van der Waals surface area (Å²) in [6.45, 7) is 0.371. The zero-order valence-electron chi connectivity index (χ0n) is 9.46. The fraction of sp³-hybridized carbons (Fsp3) is 0.545. The molecule has 1 aliphatic carbocycles. The van der Waals surface area contributed by atoms with Crippen molar-refractivity contribution in [2.75, 3.05) is 12.3 Å². The van der Waals surface area contributed by atoms with Gasteiger partial charge in [0.25, 0.3) is 0 Å². The molecule has 6 nitrogen and oxygen atoms in total. The number of rotatable bonds is 2. The first kappa shape index (κ1) is 11.6. The molecule has 1 aliphatic rings. The van der Waals surface area contributed by atoms with Crippen molar-refractivity contribution in [2.45, 2.75) is 25.7 Å². The molecule has 0 spiro atoms. The second-order valence-corrected chi connectivity index (χ2v) is 4.23. The molecule has 2 rings (SSSR count). The van der Waals surface area contributed by atoms with Gasteiger partial charge in [-0.2, -0.15) is 4.98 Å². The number of carbonyl (C=O) groups is 1. The Hall–Kier alpha value is -1.85. The predicted molar refractivity (Wildman–Crippen MR) is 61.6 cm³/mol.